The Hall–Kier alpha value is -0.210. The fourth-order valence-electron chi connectivity index (χ4n) is 1.51. The molecule has 0 aromatic carbocycles. The van der Waals surface area contributed by atoms with E-state index in [0.29, 0.717) is 6.42 Å². The molecule has 0 unspecified atom stereocenters. The minimum atomic E-state index is -0.855. The molecule has 0 bridgehead atoms. The van der Waals surface area contributed by atoms with Gasteiger partial charge in [-0.05, 0) is 17.9 Å². The third-order valence-corrected chi connectivity index (χ3v) is 2.76. The zero-order valence-electron chi connectivity index (χ0n) is 6.90. The van der Waals surface area contributed by atoms with E-state index in [0.717, 1.165) is 0 Å². The lowest BCUT2D eigenvalue weighted by Crippen LogP contribution is -2.18. The van der Waals surface area contributed by atoms with Crippen molar-refractivity contribution in [1.29, 1.82) is 0 Å². The predicted molar refractivity (Wildman–Crippen MR) is 48.3 cm³/mol. The fourth-order valence-corrected chi connectivity index (χ4v) is 1.88. The molecule has 1 aliphatic rings. The molecule has 0 aromatic rings. The molecule has 0 heterocycles. The summed E-state index contributed by atoms with van der Waals surface area (Å²) >= 11 is 10.9. The number of carbonyl (C=O) groups is 1. The van der Waals surface area contributed by atoms with Crippen molar-refractivity contribution in [3.05, 3.63) is 10.6 Å². The average Bonchev–Trinajstić information content (AvgIpc) is 2.33. The van der Waals surface area contributed by atoms with Gasteiger partial charge in [-0.1, -0.05) is 37.0 Å². The van der Waals surface area contributed by atoms with Crippen LogP contribution < -0.4 is 0 Å². The Morgan fingerprint density at radius 3 is 2.00 bits per heavy atom. The summed E-state index contributed by atoms with van der Waals surface area (Å²) in [7, 11) is 0. The molecule has 1 saturated carbocycles. The monoisotopic (exact) mass is 208 g/mol. The molecule has 0 saturated heterocycles. The van der Waals surface area contributed by atoms with Crippen molar-refractivity contribution in [3.63, 3.8) is 0 Å². The summed E-state index contributed by atoms with van der Waals surface area (Å²) in [5.74, 6) is -0.855. The van der Waals surface area contributed by atoms with Crippen molar-refractivity contribution in [3.8, 4) is 0 Å². The van der Waals surface area contributed by atoms with Crippen LogP contribution in [0.15, 0.2) is 10.6 Å². The highest BCUT2D eigenvalue weighted by Gasteiger charge is 2.65. The zero-order valence-corrected chi connectivity index (χ0v) is 8.41. The third kappa shape index (κ3) is 1.34. The van der Waals surface area contributed by atoms with Crippen LogP contribution >= 0.6 is 23.2 Å². The van der Waals surface area contributed by atoms with Crippen LogP contribution in [0, 0.1) is 10.8 Å². The van der Waals surface area contributed by atoms with E-state index in [4.69, 9.17) is 28.3 Å². The Morgan fingerprint density at radius 1 is 1.50 bits per heavy atom. The van der Waals surface area contributed by atoms with E-state index in [1.54, 1.807) is 0 Å². The van der Waals surface area contributed by atoms with Gasteiger partial charge in [-0.3, -0.25) is 4.79 Å². The first-order chi connectivity index (χ1) is 5.32. The van der Waals surface area contributed by atoms with E-state index in [-0.39, 0.29) is 9.91 Å². The molecule has 4 heteroatoms. The quantitative estimate of drug-likeness (QED) is 0.759. The van der Waals surface area contributed by atoms with Gasteiger partial charge in [-0.2, -0.15) is 0 Å². The summed E-state index contributed by atoms with van der Waals surface area (Å²) in [5.41, 5.74) is -1.07. The maximum atomic E-state index is 10.9. The summed E-state index contributed by atoms with van der Waals surface area (Å²) in [6.45, 7) is 3.77. The largest absolute Gasteiger partial charge is 0.481 e. The molecule has 2 nitrogen and oxygen atoms in total. The predicted octanol–water partition coefficient (Wildman–Crippen LogP) is 2.81. The van der Waals surface area contributed by atoms with Crippen LogP contribution in [0.1, 0.15) is 20.3 Å². The summed E-state index contributed by atoms with van der Waals surface area (Å²) in [6.07, 6.45) is 2.01. The molecule has 1 fully saturated rings. The van der Waals surface area contributed by atoms with Gasteiger partial charge in [-0.15, -0.1) is 0 Å². The van der Waals surface area contributed by atoms with Crippen molar-refractivity contribution in [2.75, 3.05) is 0 Å². The van der Waals surface area contributed by atoms with Crippen LogP contribution in [0.25, 0.3) is 0 Å². The SMILES string of the molecule is CC1(C)C[C@]1(C=C(Cl)Cl)C(=O)O. The number of carboxylic acid groups (broad SMARTS) is 1. The lowest BCUT2D eigenvalue weighted by Gasteiger charge is -2.09. The van der Waals surface area contributed by atoms with Gasteiger partial charge in [0.15, 0.2) is 0 Å². The number of carboxylic acids is 1. The van der Waals surface area contributed by atoms with E-state index >= 15 is 0 Å². The molecular formula is C8H10Cl2O2. The molecule has 12 heavy (non-hydrogen) atoms. The Balaban J connectivity index is 2.95. The van der Waals surface area contributed by atoms with E-state index in [2.05, 4.69) is 0 Å². The maximum Gasteiger partial charge on any atom is 0.314 e. The first kappa shape index (κ1) is 9.87. The second-order valence-corrected chi connectivity index (χ2v) is 4.78. The topological polar surface area (TPSA) is 37.3 Å². The minimum absolute atomic E-state index is 0.0305. The Labute approximate surface area is 81.2 Å². The van der Waals surface area contributed by atoms with Gasteiger partial charge in [0.05, 0.1) is 5.41 Å². The van der Waals surface area contributed by atoms with E-state index in [1.807, 2.05) is 13.8 Å². The van der Waals surface area contributed by atoms with Gasteiger partial charge in [0, 0.05) is 0 Å². The highest BCUT2D eigenvalue weighted by atomic mass is 35.5. The van der Waals surface area contributed by atoms with Crippen LogP contribution in [0.4, 0.5) is 0 Å². The van der Waals surface area contributed by atoms with Gasteiger partial charge in [0.2, 0.25) is 0 Å². The number of hydrogen-bond acceptors (Lipinski definition) is 1. The van der Waals surface area contributed by atoms with Crippen LogP contribution in [0.5, 0.6) is 0 Å². The number of hydrogen-bond donors (Lipinski definition) is 1. The van der Waals surface area contributed by atoms with E-state index in [9.17, 15) is 4.79 Å². The molecule has 1 N–H and O–H groups in total. The average molecular weight is 209 g/mol. The summed E-state index contributed by atoms with van der Waals surface area (Å²) < 4.78 is 0.0305. The Kier molecular flexibility index (Phi) is 2.17. The smallest absolute Gasteiger partial charge is 0.314 e. The van der Waals surface area contributed by atoms with E-state index < -0.39 is 11.4 Å². The zero-order chi connectivity index (χ0) is 9.57. The lowest BCUT2D eigenvalue weighted by molar-refractivity contribution is -0.142. The number of aliphatic carboxylic acids is 1. The third-order valence-electron chi connectivity index (χ3n) is 2.54. The second kappa shape index (κ2) is 2.64. The molecule has 68 valence electrons. The molecular weight excluding hydrogens is 199 g/mol. The van der Waals surface area contributed by atoms with Crippen molar-refractivity contribution in [1.82, 2.24) is 0 Å². The molecule has 0 spiro atoms. The van der Waals surface area contributed by atoms with Crippen molar-refractivity contribution < 1.29 is 9.90 Å². The van der Waals surface area contributed by atoms with Crippen molar-refractivity contribution >= 4 is 29.2 Å². The van der Waals surface area contributed by atoms with Gasteiger partial charge < -0.3 is 5.11 Å². The molecule has 0 radical (unpaired) electrons. The van der Waals surface area contributed by atoms with Gasteiger partial charge in [0.25, 0.3) is 0 Å². The van der Waals surface area contributed by atoms with Crippen molar-refractivity contribution in [2.45, 2.75) is 20.3 Å². The van der Waals surface area contributed by atoms with Crippen LogP contribution in [-0.4, -0.2) is 11.1 Å². The normalized spacial score (nSPS) is 31.0. The highest BCUT2D eigenvalue weighted by Crippen LogP contribution is 2.65. The highest BCUT2D eigenvalue weighted by molar-refractivity contribution is 6.56. The first-order valence-corrected chi connectivity index (χ1v) is 4.35. The Bertz CT molecular complexity index is 254. The molecule has 1 rings (SSSR count). The second-order valence-electron chi connectivity index (χ2n) is 3.77. The van der Waals surface area contributed by atoms with Crippen molar-refractivity contribution in [2.24, 2.45) is 10.8 Å². The Morgan fingerprint density at radius 2 is 1.92 bits per heavy atom. The standard InChI is InChI=1S/C8H10Cl2O2/c1-7(2)4-8(7,6(11)12)3-5(9)10/h3H,4H2,1-2H3,(H,11,12)/t8-/m1/s1. The minimum Gasteiger partial charge on any atom is -0.481 e. The first-order valence-electron chi connectivity index (χ1n) is 3.59. The summed E-state index contributed by atoms with van der Waals surface area (Å²) in [4.78, 5) is 10.9. The number of halogens is 2. The van der Waals surface area contributed by atoms with Crippen LogP contribution in [0.2, 0.25) is 0 Å². The molecule has 1 atom stereocenters. The van der Waals surface area contributed by atoms with Crippen LogP contribution in [-0.2, 0) is 4.79 Å². The molecule has 0 aliphatic heterocycles. The summed E-state index contributed by atoms with van der Waals surface area (Å²) in [6, 6.07) is 0. The molecule has 0 amide bonds. The summed E-state index contributed by atoms with van der Waals surface area (Å²) in [5, 5.41) is 8.93. The lowest BCUT2D eigenvalue weighted by atomic mass is 9.96. The fraction of sp³-hybridized carbons (Fsp3) is 0.625. The van der Waals surface area contributed by atoms with Gasteiger partial charge >= 0.3 is 5.97 Å². The van der Waals surface area contributed by atoms with Gasteiger partial charge in [0.1, 0.15) is 4.49 Å². The molecule has 0 aromatic heterocycles. The number of rotatable bonds is 2. The van der Waals surface area contributed by atoms with Crippen LogP contribution in [0.3, 0.4) is 0 Å². The maximum absolute atomic E-state index is 10.9. The van der Waals surface area contributed by atoms with E-state index in [1.165, 1.54) is 6.08 Å². The molecule has 1 aliphatic carbocycles. The van der Waals surface area contributed by atoms with Gasteiger partial charge in [-0.25, -0.2) is 0 Å².